The first-order valence-corrected chi connectivity index (χ1v) is 18.8. The van der Waals surface area contributed by atoms with Crippen LogP contribution in [0, 0.1) is 34.0 Å². The van der Waals surface area contributed by atoms with Gasteiger partial charge in [0.1, 0.15) is 10.9 Å². The number of carbonyl (C=O) groups excluding carboxylic acids is 4. The van der Waals surface area contributed by atoms with E-state index in [-0.39, 0.29) is 73.7 Å². The third-order valence-corrected chi connectivity index (χ3v) is 13.4. The number of halogens is 3. The average molecular weight is 724 g/mol. The Morgan fingerprint density at radius 3 is 2.26 bits per heavy atom. The molecule has 276 valence electrons. The molecule has 4 amide bonds. The largest absolute Gasteiger partial charge is 0.391 e. The summed E-state index contributed by atoms with van der Waals surface area (Å²) in [7, 11) is 0. The summed E-state index contributed by atoms with van der Waals surface area (Å²) in [5.74, 6) is -3.33. The van der Waals surface area contributed by atoms with Crippen LogP contribution < -0.4 is 5.32 Å². The second kappa shape index (κ2) is 13.0. The van der Waals surface area contributed by atoms with Gasteiger partial charge in [0.25, 0.3) is 5.91 Å². The van der Waals surface area contributed by atoms with E-state index in [1.54, 1.807) is 22.2 Å². The molecule has 7 fully saturated rings. The van der Waals surface area contributed by atoms with Crippen molar-refractivity contribution in [1.82, 2.24) is 25.0 Å². The summed E-state index contributed by atoms with van der Waals surface area (Å²) in [6.07, 6.45) is 0.872. The fourth-order valence-corrected chi connectivity index (χ4v) is 9.51. The summed E-state index contributed by atoms with van der Waals surface area (Å²) >= 11 is 1.21. The molecule has 2 aliphatic carbocycles. The fourth-order valence-electron chi connectivity index (χ4n) is 8.92. The Bertz CT molecular complexity index is 1450. The van der Waals surface area contributed by atoms with Gasteiger partial charge in [0.15, 0.2) is 0 Å². The van der Waals surface area contributed by atoms with E-state index in [1.807, 2.05) is 0 Å². The lowest BCUT2D eigenvalue weighted by Crippen LogP contribution is -2.65. The predicted octanol–water partition coefficient (Wildman–Crippen LogP) is 3.74. The molecule has 8 rings (SSSR count). The Morgan fingerprint density at radius 2 is 1.70 bits per heavy atom. The van der Waals surface area contributed by atoms with E-state index in [0.717, 1.165) is 32.1 Å². The molecule has 7 aliphatic rings. The van der Waals surface area contributed by atoms with E-state index in [9.17, 15) is 32.3 Å². The summed E-state index contributed by atoms with van der Waals surface area (Å²) in [5, 5.41) is 2.98. The number of fused-ring (bicyclic) bond motifs is 3. The normalized spacial score (nSPS) is 31.3. The minimum Gasteiger partial charge on any atom is -0.378 e. The zero-order valence-electron chi connectivity index (χ0n) is 29.0. The summed E-state index contributed by atoms with van der Waals surface area (Å²) in [6, 6.07) is -1.14. The average Bonchev–Trinajstić information content (AvgIpc) is 3.44. The molecule has 6 heterocycles. The van der Waals surface area contributed by atoms with Crippen molar-refractivity contribution in [3.05, 3.63) is 16.6 Å². The monoisotopic (exact) mass is 723 g/mol. The molecule has 5 saturated heterocycles. The van der Waals surface area contributed by atoms with Crippen LogP contribution >= 0.6 is 11.3 Å². The first kappa shape index (κ1) is 35.6. The van der Waals surface area contributed by atoms with E-state index < -0.39 is 47.4 Å². The molecule has 11 nitrogen and oxygen atoms in total. The third-order valence-electron chi connectivity index (χ3n) is 12.6. The van der Waals surface area contributed by atoms with Gasteiger partial charge in [-0.25, -0.2) is 0 Å². The number of hydrogen-bond acceptors (Lipinski definition) is 8. The maximum absolute atomic E-state index is 14.4. The van der Waals surface area contributed by atoms with E-state index in [4.69, 9.17) is 9.47 Å². The molecule has 2 bridgehead atoms. The highest BCUT2D eigenvalue weighted by atomic mass is 32.1. The summed E-state index contributed by atoms with van der Waals surface area (Å²) in [6.45, 7) is 7.65. The number of hydrogen-bond donors (Lipinski definition) is 1. The van der Waals surface area contributed by atoms with Crippen molar-refractivity contribution in [2.75, 3.05) is 52.5 Å². The van der Waals surface area contributed by atoms with Crippen LogP contribution in [0.2, 0.25) is 0 Å². The minimum atomic E-state index is -4.33. The Labute approximate surface area is 294 Å². The van der Waals surface area contributed by atoms with Crippen molar-refractivity contribution >= 4 is 35.0 Å². The zero-order valence-corrected chi connectivity index (χ0v) is 29.8. The highest BCUT2D eigenvalue weighted by Gasteiger charge is 2.62. The van der Waals surface area contributed by atoms with Crippen LogP contribution in [0.4, 0.5) is 13.2 Å². The van der Waals surface area contributed by atoms with Gasteiger partial charge in [0, 0.05) is 56.0 Å². The van der Waals surface area contributed by atoms with Crippen LogP contribution in [-0.4, -0.2) is 120 Å². The number of amides is 4. The summed E-state index contributed by atoms with van der Waals surface area (Å²) in [4.78, 5) is 64.6. The minimum absolute atomic E-state index is 0.0542. The van der Waals surface area contributed by atoms with Crippen molar-refractivity contribution in [1.29, 1.82) is 0 Å². The number of thiazole rings is 1. The molecule has 1 N–H and O–H groups in total. The number of alkyl halides is 3. The van der Waals surface area contributed by atoms with Gasteiger partial charge in [0.05, 0.1) is 49.0 Å². The lowest BCUT2D eigenvalue weighted by atomic mass is 9.70. The maximum atomic E-state index is 14.4. The molecule has 1 aromatic heterocycles. The van der Waals surface area contributed by atoms with Gasteiger partial charge in [-0.1, -0.05) is 13.8 Å². The molecule has 50 heavy (non-hydrogen) atoms. The van der Waals surface area contributed by atoms with Crippen molar-refractivity contribution in [2.24, 2.45) is 34.0 Å². The zero-order chi connectivity index (χ0) is 35.6. The van der Waals surface area contributed by atoms with Crippen LogP contribution in [0.5, 0.6) is 0 Å². The van der Waals surface area contributed by atoms with Crippen LogP contribution in [-0.2, 0) is 23.9 Å². The number of ether oxygens (including phenoxy) is 2. The lowest BCUT2D eigenvalue weighted by molar-refractivity contribution is -0.187. The van der Waals surface area contributed by atoms with Crippen molar-refractivity contribution < 1.29 is 41.8 Å². The Hall–Kier alpha value is -2.78. The SMILES string of the molecule is C[C@@H](OCC12CCC(CC1)OC2)[C@H](NC(=O)C1CN(C(=O)c2cncs2)CC12CN(C(=O)[C@H]1CC1(C)C)C2)C(=O)N1CCC(C(F)(F)F)CC1. The lowest BCUT2D eigenvalue weighted by Gasteiger charge is -2.50. The third kappa shape index (κ3) is 6.78. The highest BCUT2D eigenvalue weighted by Crippen LogP contribution is 2.55. The van der Waals surface area contributed by atoms with Gasteiger partial charge < -0.3 is 29.5 Å². The predicted molar refractivity (Wildman–Crippen MR) is 176 cm³/mol. The fraction of sp³-hybridized carbons (Fsp3) is 0.800. The Morgan fingerprint density at radius 1 is 1.04 bits per heavy atom. The highest BCUT2D eigenvalue weighted by molar-refractivity contribution is 7.11. The van der Waals surface area contributed by atoms with Gasteiger partial charge in [-0.3, -0.25) is 24.2 Å². The first-order chi connectivity index (χ1) is 23.6. The molecule has 4 atom stereocenters. The Kier molecular flexibility index (Phi) is 9.27. The molecule has 0 radical (unpaired) electrons. The number of rotatable bonds is 9. The van der Waals surface area contributed by atoms with E-state index in [0.29, 0.717) is 31.2 Å². The Balaban J connectivity index is 1.09. The van der Waals surface area contributed by atoms with Crippen LogP contribution in [0.3, 0.4) is 0 Å². The molecule has 2 saturated carbocycles. The molecule has 15 heteroatoms. The second-order valence-corrected chi connectivity index (χ2v) is 17.4. The maximum Gasteiger partial charge on any atom is 0.391 e. The number of nitrogens with zero attached hydrogens (tertiary/aromatic N) is 4. The standard InChI is InChI=1S/C35H48F3N5O6S/c1-21(48-18-33-8-4-23(5-9-33)49-19-33)27(31(47)41-10-6-22(7-11-41)35(36,37)38)40-28(44)25-14-42(30(46)26-13-39-20-50-26)15-34(25)16-43(17-34)29(45)24-12-32(24,2)3/h13,20-25,27H,4-12,14-19H2,1-3H3,(H,40,44)/t21-,23?,24-,25?,27+,33?/m1/s1. The molecule has 5 aliphatic heterocycles. The van der Waals surface area contributed by atoms with Crippen molar-refractivity contribution in [3.8, 4) is 0 Å². The van der Waals surface area contributed by atoms with E-state index in [1.165, 1.54) is 22.4 Å². The van der Waals surface area contributed by atoms with Gasteiger partial charge in [-0.2, -0.15) is 13.2 Å². The van der Waals surface area contributed by atoms with Gasteiger partial charge in [-0.05, 0) is 57.3 Å². The number of likely N-dealkylation sites (tertiary alicyclic amines) is 3. The van der Waals surface area contributed by atoms with Gasteiger partial charge in [0.2, 0.25) is 17.7 Å². The quantitative estimate of drug-likeness (QED) is 0.412. The van der Waals surface area contributed by atoms with Crippen LogP contribution in [0.1, 0.15) is 75.4 Å². The number of carbonyl (C=O) groups is 4. The van der Waals surface area contributed by atoms with Gasteiger partial charge in [-0.15, -0.1) is 11.3 Å². The number of piperidine rings is 1. The molecule has 0 aromatic carbocycles. The summed E-state index contributed by atoms with van der Waals surface area (Å²) in [5.41, 5.74) is 0.654. The smallest absolute Gasteiger partial charge is 0.378 e. The van der Waals surface area contributed by atoms with Crippen LogP contribution in [0.25, 0.3) is 0 Å². The molecule has 1 aromatic rings. The number of aromatic nitrogens is 1. The topological polar surface area (TPSA) is 121 Å². The van der Waals surface area contributed by atoms with Crippen molar-refractivity contribution in [2.45, 2.75) is 90.1 Å². The molecular weight excluding hydrogens is 675 g/mol. The molecule has 1 spiro atoms. The summed E-state index contributed by atoms with van der Waals surface area (Å²) < 4.78 is 52.7. The van der Waals surface area contributed by atoms with Crippen LogP contribution in [0.15, 0.2) is 11.7 Å². The number of nitrogens with one attached hydrogen (secondary N) is 1. The van der Waals surface area contributed by atoms with Gasteiger partial charge >= 0.3 is 6.18 Å². The van der Waals surface area contributed by atoms with E-state index >= 15 is 0 Å². The second-order valence-electron chi connectivity index (χ2n) is 16.6. The molecular formula is C35H48F3N5O6S. The molecule has 1 unspecified atom stereocenters. The van der Waals surface area contributed by atoms with Crippen molar-refractivity contribution in [3.63, 3.8) is 0 Å². The first-order valence-electron chi connectivity index (χ1n) is 18.0. The van der Waals surface area contributed by atoms with E-state index in [2.05, 4.69) is 24.1 Å².